The molecule has 18 heteroatoms. The molecule has 2 amide bonds. The van der Waals surface area contributed by atoms with Gasteiger partial charge in [-0.05, 0) is 93.5 Å². The lowest BCUT2D eigenvalue weighted by atomic mass is 9.88. The standard InChI is InChI=1S/C52H61F3N10O4S/c1-31(2)48(44-26-32(3)61-69-44)50(68)64-29-41(66)27-43(64)33(4)57-42(39-12-14-40(15-13-39)49-34(5)56-30-70-49)28-47(67)63-22-18-36(19-23-63)7-6-35-8-10-37(11-9-35)38-20-24-62(25-21-38)46-17-16-45-58-59-51(52(53,54)55)65(45)60-46/h8-15,26,30-31,33,36,38,41-43,48,57,66H,16-25,27-29H2,1-5H3/t33?,41-,42?,43+,48-/m1/s1. The second kappa shape index (κ2) is 20.8. The summed E-state index contributed by atoms with van der Waals surface area (Å²) < 4.78 is 46.8. The fourth-order valence-electron chi connectivity index (χ4n) is 10.6. The Bertz CT molecular complexity index is 2720. The number of piperidine rings is 2. The van der Waals surface area contributed by atoms with Crippen LogP contribution in [0.4, 0.5) is 13.2 Å². The van der Waals surface area contributed by atoms with Crippen LogP contribution in [0.5, 0.6) is 0 Å². The first-order chi connectivity index (χ1) is 33.6. The number of aliphatic hydroxyl groups excluding tert-OH is 1. The lowest BCUT2D eigenvalue weighted by Gasteiger charge is -2.36. The van der Waals surface area contributed by atoms with Gasteiger partial charge in [0, 0.05) is 87.7 Å². The molecule has 3 saturated heterocycles. The largest absolute Gasteiger partial charge is 0.453 e. The highest BCUT2D eigenvalue weighted by molar-refractivity contribution is 7.13. The number of hydrogen-bond donors (Lipinski definition) is 2. The van der Waals surface area contributed by atoms with E-state index in [1.165, 1.54) is 5.56 Å². The van der Waals surface area contributed by atoms with E-state index in [-0.39, 0.29) is 60.6 Å². The van der Waals surface area contributed by atoms with Crippen molar-refractivity contribution in [2.24, 2.45) is 16.9 Å². The first-order valence-electron chi connectivity index (χ1n) is 24.5. The maximum atomic E-state index is 14.3. The summed E-state index contributed by atoms with van der Waals surface area (Å²) in [4.78, 5) is 39.9. The number of alkyl halides is 3. The summed E-state index contributed by atoms with van der Waals surface area (Å²) in [6, 6.07) is 17.6. The summed E-state index contributed by atoms with van der Waals surface area (Å²) >= 11 is 1.59. The van der Waals surface area contributed by atoms with E-state index in [1.54, 1.807) is 16.2 Å². The van der Waals surface area contributed by atoms with Crippen LogP contribution < -0.4 is 5.32 Å². The molecule has 2 N–H and O–H groups in total. The van der Waals surface area contributed by atoms with E-state index in [1.807, 2.05) is 51.1 Å². The number of aromatic nitrogens is 5. The molecule has 70 heavy (non-hydrogen) atoms. The zero-order valence-corrected chi connectivity index (χ0v) is 41.1. The third-order valence-corrected chi connectivity index (χ3v) is 15.5. The third-order valence-electron chi connectivity index (χ3n) is 14.5. The van der Waals surface area contributed by atoms with E-state index in [0.29, 0.717) is 68.6 Å². The quantitative estimate of drug-likeness (QED) is 0.124. The van der Waals surface area contributed by atoms with Gasteiger partial charge in [-0.15, -0.1) is 21.5 Å². The van der Waals surface area contributed by atoms with Crippen molar-refractivity contribution in [3.05, 3.63) is 106 Å². The molecule has 2 aromatic carbocycles. The van der Waals surface area contributed by atoms with Gasteiger partial charge in [0.05, 0.1) is 27.9 Å². The van der Waals surface area contributed by atoms with Gasteiger partial charge in [-0.1, -0.05) is 67.2 Å². The van der Waals surface area contributed by atoms with Gasteiger partial charge in [0.2, 0.25) is 11.8 Å². The van der Waals surface area contributed by atoms with Gasteiger partial charge in [0.1, 0.15) is 17.5 Å². The number of halogens is 3. The number of benzene rings is 2. The molecule has 9 rings (SSSR count). The molecule has 2 unspecified atom stereocenters. The van der Waals surface area contributed by atoms with Crippen LogP contribution in [0.25, 0.3) is 10.4 Å². The number of carbonyl (C=O) groups excluding carboxylic acids is 2. The predicted molar refractivity (Wildman–Crippen MR) is 260 cm³/mol. The van der Waals surface area contributed by atoms with E-state index in [4.69, 9.17) is 4.52 Å². The molecule has 14 nitrogen and oxygen atoms in total. The molecule has 4 aliphatic heterocycles. The molecule has 4 aliphatic rings. The Hall–Kier alpha value is -5.90. The number of thiazole rings is 1. The van der Waals surface area contributed by atoms with Gasteiger partial charge in [-0.2, -0.15) is 22.9 Å². The summed E-state index contributed by atoms with van der Waals surface area (Å²) in [6.45, 7) is 12.7. The third kappa shape index (κ3) is 10.9. The molecule has 0 aliphatic carbocycles. The van der Waals surface area contributed by atoms with E-state index in [2.05, 4.69) is 96.0 Å². The van der Waals surface area contributed by atoms with Crippen molar-refractivity contribution in [2.75, 3.05) is 32.7 Å². The maximum absolute atomic E-state index is 14.3. The molecule has 7 heterocycles. The molecule has 5 atom stereocenters. The summed E-state index contributed by atoms with van der Waals surface area (Å²) in [5, 5.41) is 30.1. The molecule has 0 saturated carbocycles. The highest BCUT2D eigenvalue weighted by Gasteiger charge is 2.43. The number of hydrogen-bond acceptors (Lipinski definition) is 12. The van der Waals surface area contributed by atoms with Crippen molar-refractivity contribution in [1.29, 1.82) is 0 Å². The van der Waals surface area contributed by atoms with Gasteiger partial charge in [-0.25, -0.2) is 4.98 Å². The smallest absolute Gasteiger partial charge is 0.391 e. The number of rotatable bonds is 11. The van der Waals surface area contributed by atoms with Crippen LogP contribution in [-0.2, 0) is 22.2 Å². The highest BCUT2D eigenvalue weighted by atomic mass is 32.1. The Morgan fingerprint density at radius 3 is 2.33 bits per heavy atom. The highest BCUT2D eigenvalue weighted by Crippen LogP contribution is 2.36. The number of amides is 2. The van der Waals surface area contributed by atoms with Crippen LogP contribution in [0.2, 0.25) is 0 Å². The minimum atomic E-state index is -4.62. The van der Waals surface area contributed by atoms with Crippen LogP contribution in [0.15, 0.2) is 69.7 Å². The normalized spacial score (nSPS) is 20.5. The summed E-state index contributed by atoms with van der Waals surface area (Å²) in [7, 11) is 0. The second-order valence-corrected chi connectivity index (χ2v) is 20.6. The Balaban J connectivity index is 0.810. The van der Waals surface area contributed by atoms with Crippen molar-refractivity contribution in [2.45, 2.75) is 128 Å². The number of β-amino-alcohol motifs (C(OH)–C–C–N with tert-alkyl or cyclic N) is 1. The topological polar surface area (TPSA) is 158 Å². The zero-order chi connectivity index (χ0) is 49.3. The fourth-order valence-corrected chi connectivity index (χ4v) is 11.4. The molecular weight excluding hydrogens is 918 g/mol. The summed E-state index contributed by atoms with van der Waals surface area (Å²) in [5.41, 5.74) is 7.70. The monoisotopic (exact) mass is 978 g/mol. The number of aryl methyl sites for hydroxylation is 3. The van der Waals surface area contributed by atoms with Crippen LogP contribution in [-0.4, -0.2) is 113 Å². The molecule has 3 aromatic heterocycles. The first-order valence-corrected chi connectivity index (χ1v) is 25.4. The predicted octanol–water partition coefficient (Wildman–Crippen LogP) is 8.11. The van der Waals surface area contributed by atoms with E-state index < -0.39 is 24.0 Å². The number of nitrogens with zero attached hydrogens (tertiary/aromatic N) is 9. The molecule has 5 aromatic rings. The van der Waals surface area contributed by atoms with E-state index in [9.17, 15) is 27.9 Å². The zero-order valence-electron chi connectivity index (χ0n) is 40.3. The Morgan fingerprint density at radius 1 is 0.957 bits per heavy atom. The first kappa shape index (κ1) is 49.1. The van der Waals surface area contributed by atoms with Gasteiger partial charge >= 0.3 is 6.18 Å². The van der Waals surface area contributed by atoms with Crippen molar-refractivity contribution in [3.63, 3.8) is 0 Å². The number of likely N-dealkylation sites (tertiary alicyclic amines) is 3. The SMILES string of the molecule is Cc1cc([C@H](C(=O)N2C[C@H](O)C[C@H]2C(C)NC(CC(=O)N2CCC(C#Cc3ccc(C4CCN(C5=Nn6c(nnc6C(F)(F)F)CC5)CC4)cc3)CC2)c2ccc(-c3scnc3C)cc2)C(C)C)on1. The van der Waals surface area contributed by atoms with Crippen LogP contribution in [0, 0.1) is 37.5 Å². The molecule has 0 spiro atoms. The van der Waals surface area contributed by atoms with Crippen LogP contribution in [0.1, 0.15) is 129 Å². The van der Waals surface area contributed by atoms with Gasteiger partial charge in [0.25, 0.3) is 5.82 Å². The van der Waals surface area contributed by atoms with Gasteiger partial charge in [-0.3, -0.25) is 9.59 Å². The summed E-state index contributed by atoms with van der Waals surface area (Å²) in [5.74, 6) is 7.01. The average Bonchev–Trinajstić information content (AvgIpc) is 4.18. The molecule has 370 valence electrons. The van der Waals surface area contributed by atoms with Gasteiger partial charge in [0.15, 0.2) is 5.82 Å². The Labute approximate surface area is 410 Å². The van der Waals surface area contributed by atoms with E-state index in [0.717, 1.165) is 57.6 Å². The second-order valence-electron chi connectivity index (χ2n) is 19.7. The van der Waals surface area contributed by atoms with E-state index >= 15 is 0 Å². The molecular formula is C52H61F3N10O4S. The van der Waals surface area contributed by atoms with Crippen molar-refractivity contribution >= 4 is 29.0 Å². The van der Waals surface area contributed by atoms with Crippen molar-refractivity contribution in [3.8, 4) is 22.3 Å². The molecule has 0 bridgehead atoms. The van der Waals surface area contributed by atoms with Gasteiger partial charge < -0.3 is 29.6 Å². The number of aliphatic hydroxyl groups is 1. The number of carbonyl (C=O) groups is 2. The Morgan fingerprint density at radius 2 is 1.69 bits per heavy atom. The van der Waals surface area contributed by atoms with Crippen molar-refractivity contribution < 1.29 is 32.4 Å². The maximum Gasteiger partial charge on any atom is 0.453 e. The van der Waals surface area contributed by atoms with Crippen LogP contribution in [0.3, 0.4) is 0 Å². The lowest BCUT2D eigenvalue weighted by Crippen LogP contribution is -2.50. The number of nitrogens with one attached hydrogen (secondary N) is 1. The fraction of sp³-hybridized carbons (Fsp3) is 0.519. The summed E-state index contributed by atoms with van der Waals surface area (Å²) in [6.07, 6.45) is -0.473. The lowest BCUT2D eigenvalue weighted by molar-refractivity contribution is -0.147. The number of fused-ring (bicyclic) bond motifs is 1. The molecule has 0 radical (unpaired) electrons. The van der Waals surface area contributed by atoms with Crippen LogP contribution >= 0.6 is 11.3 Å². The Kier molecular flexibility index (Phi) is 14.6. The minimum Gasteiger partial charge on any atom is -0.391 e. The average molecular weight is 979 g/mol. The number of amidine groups is 1. The minimum absolute atomic E-state index is 0.0480. The van der Waals surface area contributed by atoms with Crippen molar-refractivity contribution in [1.82, 2.24) is 45.0 Å². The molecule has 3 fully saturated rings.